The highest BCUT2D eigenvalue weighted by atomic mass is 16.6. The molecule has 288 valence electrons. The number of rotatable bonds is 14. The molecule has 0 radical (unpaired) electrons. The Kier molecular flexibility index (Phi) is 13.2. The maximum absolute atomic E-state index is 12.3. The second-order valence-electron chi connectivity index (χ2n) is 14.3. The third-order valence-corrected chi connectivity index (χ3v) is 10.4. The molecule has 6 rings (SSSR count). The van der Waals surface area contributed by atoms with Gasteiger partial charge in [0.1, 0.15) is 24.3 Å². The number of hydrogen-bond donors (Lipinski definition) is 4. The fourth-order valence-corrected chi connectivity index (χ4v) is 7.25. The molecule has 0 saturated heterocycles. The summed E-state index contributed by atoms with van der Waals surface area (Å²) in [4.78, 5) is 47.9. The number of carbonyl (C=O) groups is 4. The van der Waals surface area contributed by atoms with E-state index in [9.17, 15) is 29.4 Å². The van der Waals surface area contributed by atoms with Gasteiger partial charge in [-0.25, -0.2) is 19.2 Å². The lowest BCUT2D eigenvalue weighted by Gasteiger charge is -2.26. The molecular formula is C46H46N2O8. The Morgan fingerprint density at radius 3 is 1.12 bits per heavy atom. The number of nitrogens with one attached hydrogen (secondary N) is 2. The minimum atomic E-state index is -1.42. The average Bonchev–Trinajstić information content (AvgIpc) is 3.69. The van der Waals surface area contributed by atoms with Gasteiger partial charge in [-0.3, -0.25) is 0 Å². The molecule has 4 N–H and O–H groups in total. The maximum atomic E-state index is 12.3. The third kappa shape index (κ3) is 9.22. The summed E-state index contributed by atoms with van der Waals surface area (Å²) in [6, 6.07) is 32.1. The Hall–Kier alpha value is -6.52. The first-order valence-electron chi connectivity index (χ1n) is 18.5. The standard InChI is InChI=1S/2C23H23NO4/c2*1-3-4-9-14-23(2,21(25)26)24-22(27)28-15-20-18-12-7-5-10-16(18)17-11-6-8-13-19(17)20/h2*1,5-8,10-13,20H,4,9,14-15H2,2H3,(H,24,27)(H,25,26)/t2*23-/m10/s1. The molecule has 0 saturated carbocycles. The first-order valence-corrected chi connectivity index (χ1v) is 18.5. The van der Waals surface area contributed by atoms with Crippen LogP contribution in [0.4, 0.5) is 9.59 Å². The van der Waals surface area contributed by atoms with Crippen LogP contribution in [0.5, 0.6) is 0 Å². The molecule has 4 aromatic carbocycles. The molecule has 0 fully saturated rings. The van der Waals surface area contributed by atoms with Gasteiger partial charge in [0, 0.05) is 24.7 Å². The molecule has 2 atom stereocenters. The van der Waals surface area contributed by atoms with Crippen LogP contribution in [-0.2, 0) is 19.1 Å². The molecule has 0 unspecified atom stereocenters. The number of carbonyl (C=O) groups excluding carboxylic acids is 2. The van der Waals surface area contributed by atoms with Crippen LogP contribution in [0.25, 0.3) is 22.3 Å². The summed E-state index contributed by atoms with van der Waals surface area (Å²) >= 11 is 0. The maximum Gasteiger partial charge on any atom is 0.408 e. The lowest BCUT2D eigenvalue weighted by atomic mass is 9.95. The molecule has 10 nitrogen and oxygen atoms in total. The van der Waals surface area contributed by atoms with Crippen molar-refractivity contribution in [3.8, 4) is 46.9 Å². The highest BCUT2D eigenvalue weighted by Gasteiger charge is 2.37. The normalized spacial score (nSPS) is 14.3. The second-order valence-corrected chi connectivity index (χ2v) is 14.3. The van der Waals surface area contributed by atoms with E-state index < -0.39 is 35.2 Å². The number of benzene rings is 4. The van der Waals surface area contributed by atoms with Crippen LogP contribution in [-0.4, -0.2) is 58.6 Å². The molecule has 2 aliphatic rings. The van der Waals surface area contributed by atoms with Crippen LogP contribution in [0.15, 0.2) is 97.1 Å². The van der Waals surface area contributed by atoms with E-state index in [1.165, 1.54) is 13.8 Å². The topological polar surface area (TPSA) is 151 Å². The van der Waals surface area contributed by atoms with Crippen molar-refractivity contribution in [2.75, 3.05) is 13.2 Å². The van der Waals surface area contributed by atoms with E-state index in [0.29, 0.717) is 25.7 Å². The SMILES string of the molecule is C#CCCC[C@@](C)(NC(=O)OCC1c2ccccc2-c2ccccc21)C(=O)O.C#CCCC[C@](C)(NC(=O)OCC1c2ccccc2-c2ccccc21)C(=O)O. The molecule has 2 amide bonds. The number of ether oxygens (including phenoxy) is 2. The smallest absolute Gasteiger partial charge is 0.408 e. The van der Waals surface area contributed by atoms with Crippen LogP contribution < -0.4 is 10.6 Å². The first kappa shape index (κ1) is 40.7. The predicted octanol–water partition coefficient (Wildman–Crippen LogP) is 8.34. The number of alkyl carbamates (subject to hydrolysis) is 2. The van der Waals surface area contributed by atoms with Gasteiger partial charge in [-0.15, -0.1) is 24.7 Å². The van der Waals surface area contributed by atoms with Gasteiger partial charge in [0.25, 0.3) is 0 Å². The lowest BCUT2D eigenvalue weighted by Crippen LogP contribution is -2.52. The van der Waals surface area contributed by atoms with Gasteiger partial charge >= 0.3 is 24.1 Å². The van der Waals surface area contributed by atoms with E-state index in [-0.39, 0.29) is 37.9 Å². The lowest BCUT2D eigenvalue weighted by molar-refractivity contribution is -0.145. The van der Waals surface area contributed by atoms with E-state index in [1.54, 1.807) is 0 Å². The summed E-state index contributed by atoms with van der Waals surface area (Å²) in [5.41, 5.74) is 6.12. The van der Waals surface area contributed by atoms with Crippen molar-refractivity contribution in [3.05, 3.63) is 119 Å². The minimum absolute atomic E-state index is 0.0734. The predicted molar refractivity (Wildman–Crippen MR) is 214 cm³/mol. The molecule has 10 heteroatoms. The van der Waals surface area contributed by atoms with E-state index >= 15 is 0 Å². The monoisotopic (exact) mass is 754 g/mol. The Bertz CT molecular complexity index is 1920. The zero-order valence-corrected chi connectivity index (χ0v) is 31.5. The van der Waals surface area contributed by atoms with Crippen LogP contribution in [0.2, 0.25) is 0 Å². The average molecular weight is 755 g/mol. The van der Waals surface area contributed by atoms with Crippen molar-refractivity contribution in [2.24, 2.45) is 0 Å². The van der Waals surface area contributed by atoms with E-state index in [2.05, 4.69) is 46.7 Å². The molecule has 0 heterocycles. The number of carboxylic acid groups (broad SMARTS) is 2. The quantitative estimate of drug-likeness (QED) is 0.0741. The molecule has 56 heavy (non-hydrogen) atoms. The third-order valence-electron chi connectivity index (χ3n) is 10.4. The largest absolute Gasteiger partial charge is 0.480 e. The molecule has 4 aromatic rings. The number of fused-ring (bicyclic) bond motifs is 6. The van der Waals surface area contributed by atoms with Crippen molar-refractivity contribution >= 4 is 24.1 Å². The zero-order valence-electron chi connectivity index (χ0n) is 31.5. The summed E-state index contributed by atoms with van der Waals surface area (Å²) < 4.78 is 10.9. The molecule has 0 bridgehead atoms. The molecule has 0 aliphatic heterocycles. The van der Waals surface area contributed by atoms with Crippen molar-refractivity contribution < 1.29 is 38.9 Å². The molecule has 2 aliphatic carbocycles. The Morgan fingerprint density at radius 2 is 0.857 bits per heavy atom. The number of aliphatic carboxylic acids is 2. The Morgan fingerprint density at radius 1 is 0.571 bits per heavy atom. The first-order chi connectivity index (χ1) is 26.9. The number of hydrogen-bond acceptors (Lipinski definition) is 6. The number of amides is 2. The molecular weight excluding hydrogens is 709 g/mol. The van der Waals surface area contributed by atoms with Gasteiger partial charge in [-0.2, -0.15) is 0 Å². The van der Waals surface area contributed by atoms with Gasteiger partial charge in [0.2, 0.25) is 0 Å². The minimum Gasteiger partial charge on any atom is -0.480 e. The number of unbranched alkanes of at least 4 members (excludes halogenated alkanes) is 2. The van der Waals surface area contributed by atoms with E-state index in [1.807, 2.05) is 72.8 Å². The van der Waals surface area contributed by atoms with Crippen LogP contribution in [0, 0.1) is 24.7 Å². The highest BCUT2D eigenvalue weighted by Crippen LogP contribution is 2.45. The molecule has 0 spiro atoms. The summed E-state index contributed by atoms with van der Waals surface area (Å²) in [7, 11) is 0. The summed E-state index contributed by atoms with van der Waals surface area (Å²) in [5.74, 6) is 2.58. The van der Waals surface area contributed by atoms with E-state index in [0.717, 1.165) is 44.5 Å². The Balaban J connectivity index is 0.000000214. The van der Waals surface area contributed by atoms with Gasteiger partial charge < -0.3 is 30.3 Å². The summed E-state index contributed by atoms with van der Waals surface area (Å²) in [5, 5.41) is 24.0. The van der Waals surface area contributed by atoms with Gasteiger partial charge in [0.15, 0.2) is 0 Å². The van der Waals surface area contributed by atoms with Crippen molar-refractivity contribution in [2.45, 2.75) is 75.3 Å². The van der Waals surface area contributed by atoms with Gasteiger partial charge in [-0.05, 0) is 84.0 Å². The summed E-state index contributed by atoms with van der Waals surface area (Å²) in [6.45, 7) is 3.21. The number of carboxylic acids is 2. The zero-order chi connectivity index (χ0) is 40.3. The van der Waals surface area contributed by atoms with E-state index in [4.69, 9.17) is 22.3 Å². The van der Waals surface area contributed by atoms with Crippen LogP contribution >= 0.6 is 0 Å². The number of terminal acetylenes is 2. The van der Waals surface area contributed by atoms with Crippen LogP contribution in [0.1, 0.15) is 86.5 Å². The van der Waals surface area contributed by atoms with Crippen LogP contribution in [0.3, 0.4) is 0 Å². The highest BCUT2D eigenvalue weighted by molar-refractivity contribution is 5.85. The van der Waals surface area contributed by atoms with Gasteiger partial charge in [0.05, 0.1) is 0 Å². The second kappa shape index (κ2) is 18.2. The fraction of sp³-hybridized carbons (Fsp3) is 0.304. The fourth-order valence-electron chi connectivity index (χ4n) is 7.25. The molecule has 0 aromatic heterocycles. The Labute approximate surface area is 327 Å². The van der Waals surface area contributed by atoms with Crippen molar-refractivity contribution in [3.63, 3.8) is 0 Å². The summed E-state index contributed by atoms with van der Waals surface area (Å²) in [6.07, 6.45) is 11.3. The van der Waals surface area contributed by atoms with Crippen molar-refractivity contribution in [1.29, 1.82) is 0 Å². The van der Waals surface area contributed by atoms with Gasteiger partial charge in [-0.1, -0.05) is 97.1 Å². The van der Waals surface area contributed by atoms with Crippen molar-refractivity contribution in [1.82, 2.24) is 10.6 Å².